The Labute approximate surface area is 138 Å². The minimum absolute atomic E-state index is 0.352. The smallest absolute Gasteiger partial charge is 0.124 e. The van der Waals surface area contributed by atoms with Crippen LogP contribution in [0.2, 0.25) is 5.02 Å². The number of benzene rings is 2. The Morgan fingerprint density at radius 2 is 1.80 bits per heavy atom. The molecule has 2 rings (SSSR count). The van der Waals surface area contributed by atoms with E-state index in [4.69, 9.17) is 27.9 Å². The molecule has 0 heterocycles. The summed E-state index contributed by atoms with van der Waals surface area (Å²) < 4.78 is 6.44. The van der Waals surface area contributed by atoms with Crippen molar-refractivity contribution < 1.29 is 4.74 Å². The second-order valence-corrected chi connectivity index (χ2v) is 6.43. The fourth-order valence-corrected chi connectivity index (χ4v) is 3.17. The summed E-state index contributed by atoms with van der Waals surface area (Å²) in [5.41, 5.74) is 3.99. The van der Waals surface area contributed by atoms with Crippen LogP contribution in [0, 0.1) is 13.8 Å². The highest BCUT2D eigenvalue weighted by atomic mass is 79.9. The van der Waals surface area contributed by atoms with E-state index >= 15 is 0 Å². The van der Waals surface area contributed by atoms with E-state index in [0.29, 0.717) is 5.02 Å². The zero-order valence-electron chi connectivity index (χ0n) is 11.5. The molecule has 0 N–H and O–H groups in total. The SMILES string of the molecule is COc1cc(C)c(Br)cc1C(Cl)c1ccc(C)cc1Cl. The first-order valence-electron chi connectivity index (χ1n) is 6.18. The van der Waals surface area contributed by atoms with Crippen molar-refractivity contribution in [3.63, 3.8) is 0 Å². The molecular formula is C16H15BrCl2O. The highest BCUT2D eigenvalue weighted by molar-refractivity contribution is 9.10. The van der Waals surface area contributed by atoms with Crippen LogP contribution in [0.25, 0.3) is 0 Å². The number of hydrogen-bond acceptors (Lipinski definition) is 1. The van der Waals surface area contributed by atoms with E-state index in [9.17, 15) is 0 Å². The summed E-state index contributed by atoms with van der Waals surface area (Å²) >= 11 is 16.4. The third-order valence-corrected chi connectivity index (χ3v) is 4.86. The molecule has 0 aliphatic rings. The molecule has 20 heavy (non-hydrogen) atoms. The van der Waals surface area contributed by atoms with Crippen LogP contribution in [0.1, 0.15) is 27.6 Å². The fraction of sp³-hybridized carbons (Fsp3) is 0.250. The highest BCUT2D eigenvalue weighted by Crippen LogP contribution is 2.40. The first-order valence-corrected chi connectivity index (χ1v) is 7.79. The number of methoxy groups -OCH3 is 1. The molecule has 0 saturated carbocycles. The molecule has 0 fully saturated rings. The Hall–Kier alpha value is -0.700. The second kappa shape index (κ2) is 6.38. The van der Waals surface area contributed by atoms with Gasteiger partial charge in [-0.25, -0.2) is 0 Å². The molecule has 1 atom stereocenters. The average molecular weight is 374 g/mol. The van der Waals surface area contributed by atoms with Gasteiger partial charge in [-0.3, -0.25) is 0 Å². The van der Waals surface area contributed by atoms with Crippen molar-refractivity contribution in [2.75, 3.05) is 7.11 Å². The molecule has 106 valence electrons. The van der Waals surface area contributed by atoms with Crippen LogP contribution in [0.4, 0.5) is 0 Å². The van der Waals surface area contributed by atoms with Crippen molar-refractivity contribution in [1.29, 1.82) is 0 Å². The number of rotatable bonds is 3. The van der Waals surface area contributed by atoms with E-state index < -0.39 is 0 Å². The summed E-state index contributed by atoms with van der Waals surface area (Å²) in [5, 5.41) is 0.318. The van der Waals surface area contributed by atoms with E-state index in [0.717, 1.165) is 32.5 Å². The van der Waals surface area contributed by atoms with Gasteiger partial charge in [-0.05, 0) is 48.7 Å². The molecular weight excluding hydrogens is 359 g/mol. The third kappa shape index (κ3) is 3.13. The maximum absolute atomic E-state index is 6.61. The topological polar surface area (TPSA) is 9.23 Å². The zero-order valence-corrected chi connectivity index (χ0v) is 14.6. The van der Waals surface area contributed by atoms with Gasteiger partial charge in [0.25, 0.3) is 0 Å². The Balaban J connectivity index is 2.52. The average Bonchev–Trinajstić information content (AvgIpc) is 2.40. The van der Waals surface area contributed by atoms with Crippen molar-refractivity contribution in [1.82, 2.24) is 0 Å². The van der Waals surface area contributed by atoms with Crippen LogP contribution < -0.4 is 4.74 Å². The summed E-state index contributed by atoms with van der Waals surface area (Å²) in [6.07, 6.45) is 0. The molecule has 1 unspecified atom stereocenters. The predicted molar refractivity (Wildman–Crippen MR) is 89.3 cm³/mol. The zero-order chi connectivity index (χ0) is 14.9. The van der Waals surface area contributed by atoms with Crippen molar-refractivity contribution in [2.24, 2.45) is 0 Å². The number of alkyl halides is 1. The molecule has 0 amide bonds. The van der Waals surface area contributed by atoms with Crippen LogP contribution in [0.3, 0.4) is 0 Å². The lowest BCUT2D eigenvalue weighted by molar-refractivity contribution is 0.409. The summed E-state index contributed by atoms with van der Waals surface area (Å²) in [6.45, 7) is 4.01. The molecule has 1 nitrogen and oxygen atoms in total. The van der Waals surface area contributed by atoms with Crippen LogP contribution in [-0.2, 0) is 0 Å². The predicted octanol–water partition coefficient (Wildman–Crippen LogP) is 6.06. The minimum Gasteiger partial charge on any atom is -0.496 e. The highest BCUT2D eigenvalue weighted by Gasteiger charge is 2.19. The molecule has 0 aliphatic carbocycles. The molecule has 0 saturated heterocycles. The van der Waals surface area contributed by atoms with Crippen LogP contribution in [0.5, 0.6) is 5.75 Å². The molecule has 0 aromatic heterocycles. The van der Waals surface area contributed by atoms with Crippen LogP contribution in [0.15, 0.2) is 34.8 Å². The number of halogens is 3. The first kappa shape index (κ1) is 15.7. The monoisotopic (exact) mass is 372 g/mol. The van der Waals surface area contributed by atoms with Crippen molar-refractivity contribution >= 4 is 39.1 Å². The Bertz CT molecular complexity index is 641. The van der Waals surface area contributed by atoms with Crippen molar-refractivity contribution in [3.8, 4) is 5.75 Å². The minimum atomic E-state index is -0.352. The lowest BCUT2D eigenvalue weighted by Gasteiger charge is -2.17. The van der Waals surface area contributed by atoms with E-state index in [2.05, 4.69) is 15.9 Å². The molecule has 0 bridgehead atoms. The Kier molecular flexibility index (Phi) is 5.00. The van der Waals surface area contributed by atoms with Gasteiger partial charge in [-0.1, -0.05) is 39.7 Å². The molecule has 0 spiro atoms. The lowest BCUT2D eigenvalue weighted by atomic mass is 10.0. The number of ether oxygens (including phenoxy) is 1. The fourth-order valence-electron chi connectivity index (χ4n) is 2.05. The number of aryl methyl sites for hydroxylation is 2. The van der Waals surface area contributed by atoms with Gasteiger partial charge in [0.15, 0.2) is 0 Å². The standard InChI is InChI=1S/C16H15BrCl2O/c1-9-4-5-11(14(18)6-9)16(19)12-8-13(17)10(2)7-15(12)20-3/h4-8,16H,1-3H3. The van der Waals surface area contributed by atoms with Gasteiger partial charge in [-0.15, -0.1) is 11.6 Å². The van der Waals surface area contributed by atoms with Gasteiger partial charge in [0.1, 0.15) is 5.75 Å². The maximum atomic E-state index is 6.61. The van der Waals surface area contributed by atoms with Gasteiger partial charge in [0.05, 0.1) is 12.5 Å². The van der Waals surface area contributed by atoms with E-state index in [1.807, 2.05) is 44.2 Å². The van der Waals surface area contributed by atoms with Gasteiger partial charge in [-0.2, -0.15) is 0 Å². The number of hydrogen-bond donors (Lipinski definition) is 0. The third-order valence-electron chi connectivity index (χ3n) is 3.21. The van der Waals surface area contributed by atoms with Gasteiger partial charge < -0.3 is 4.74 Å². The lowest BCUT2D eigenvalue weighted by Crippen LogP contribution is -1.99. The second-order valence-electron chi connectivity index (χ2n) is 4.73. The summed E-state index contributed by atoms with van der Waals surface area (Å²) in [4.78, 5) is 0. The largest absolute Gasteiger partial charge is 0.496 e. The Morgan fingerprint density at radius 1 is 1.10 bits per heavy atom. The maximum Gasteiger partial charge on any atom is 0.124 e. The molecule has 0 aliphatic heterocycles. The van der Waals surface area contributed by atoms with Gasteiger partial charge >= 0.3 is 0 Å². The van der Waals surface area contributed by atoms with E-state index in [1.54, 1.807) is 7.11 Å². The Morgan fingerprint density at radius 3 is 2.40 bits per heavy atom. The first-order chi connectivity index (χ1) is 9.43. The summed E-state index contributed by atoms with van der Waals surface area (Å²) in [7, 11) is 1.65. The van der Waals surface area contributed by atoms with Gasteiger partial charge in [0, 0.05) is 15.1 Å². The molecule has 0 radical (unpaired) electrons. The van der Waals surface area contributed by atoms with Crippen LogP contribution in [-0.4, -0.2) is 7.11 Å². The quantitative estimate of drug-likeness (QED) is 0.594. The molecule has 4 heteroatoms. The summed E-state index contributed by atoms with van der Waals surface area (Å²) in [6, 6.07) is 9.84. The van der Waals surface area contributed by atoms with Crippen LogP contribution >= 0.6 is 39.1 Å². The van der Waals surface area contributed by atoms with Gasteiger partial charge in [0.2, 0.25) is 0 Å². The van der Waals surface area contributed by atoms with E-state index in [1.165, 1.54) is 0 Å². The van der Waals surface area contributed by atoms with Crippen molar-refractivity contribution in [2.45, 2.75) is 19.2 Å². The van der Waals surface area contributed by atoms with Crippen molar-refractivity contribution in [3.05, 3.63) is 62.1 Å². The summed E-state index contributed by atoms with van der Waals surface area (Å²) in [5.74, 6) is 0.766. The normalized spacial score (nSPS) is 12.3. The molecule has 2 aromatic rings. The van der Waals surface area contributed by atoms with E-state index in [-0.39, 0.29) is 5.38 Å². The molecule has 2 aromatic carbocycles.